The van der Waals surface area contributed by atoms with Crippen LogP contribution in [0.1, 0.15) is 11.4 Å². The SMILES string of the molecule is Cc1cnc(CCF)cn1. The van der Waals surface area contributed by atoms with Gasteiger partial charge in [-0.25, -0.2) is 0 Å². The van der Waals surface area contributed by atoms with Crippen LogP contribution in [0.15, 0.2) is 12.4 Å². The molecule has 0 radical (unpaired) electrons. The van der Waals surface area contributed by atoms with Crippen molar-refractivity contribution in [3.8, 4) is 0 Å². The van der Waals surface area contributed by atoms with E-state index in [4.69, 9.17) is 0 Å². The fraction of sp³-hybridized carbons (Fsp3) is 0.429. The Bertz CT molecular complexity index is 195. The van der Waals surface area contributed by atoms with Crippen molar-refractivity contribution in [1.29, 1.82) is 0 Å². The summed E-state index contributed by atoms with van der Waals surface area (Å²) >= 11 is 0. The summed E-state index contributed by atoms with van der Waals surface area (Å²) in [5.74, 6) is 0. The van der Waals surface area contributed by atoms with E-state index in [0.29, 0.717) is 12.1 Å². The van der Waals surface area contributed by atoms with Gasteiger partial charge in [0, 0.05) is 18.8 Å². The van der Waals surface area contributed by atoms with Crippen LogP contribution in [0, 0.1) is 6.92 Å². The Hall–Kier alpha value is -0.990. The van der Waals surface area contributed by atoms with Gasteiger partial charge in [0.15, 0.2) is 0 Å². The maximum absolute atomic E-state index is 11.7. The van der Waals surface area contributed by atoms with Crippen LogP contribution in [0.2, 0.25) is 0 Å². The number of hydrogen-bond acceptors (Lipinski definition) is 2. The maximum atomic E-state index is 11.7. The molecule has 1 rings (SSSR count). The van der Waals surface area contributed by atoms with Gasteiger partial charge in [0.05, 0.1) is 18.1 Å². The van der Waals surface area contributed by atoms with Crippen LogP contribution in [0.5, 0.6) is 0 Å². The Labute approximate surface area is 59.1 Å². The second-order valence-electron chi connectivity index (χ2n) is 2.09. The van der Waals surface area contributed by atoms with E-state index in [2.05, 4.69) is 9.97 Å². The third-order valence-corrected chi connectivity index (χ3v) is 1.19. The first-order chi connectivity index (χ1) is 4.83. The summed E-state index contributed by atoms with van der Waals surface area (Å²) in [6.07, 6.45) is 3.62. The minimum absolute atomic E-state index is 0.363. The molecule has 0 aliphatic carbocycles. The van der Waals surface area contributed by atoms with Crippen molar-refractivity contribution in [2.24, 2.45) is 0 Å². The molecule has 0 fully saturated rings. The molecule has 54 valence electrons. The zero-order valence-electron chi connectivity index (χ0n) is 5.84. The molecule has 0 unspecified atom stereocenters. The monoisotopic (exact) mass is 140 g/mol. The van der Waals surface area contributed by atoms with Gasteiger partial charge < -0.3 is 0 Å². The number of alkyl halides is 1. The molecule has 10 heavy (non-hydrogen) atoms. The third kappa shape index (κ3) is 1.76. The lowest BCUT2D eigenvalue weighted by Gasteiger charge is -1.94. The summed E-state index contributed by atoms with van der Waals surface area (Å²) in [7, 11) is 0. The topological polar surface area (TPSA) is 25.8 Å². The highest BCUT2D eigenvalue weighted by molar-refractivity contribution is 5.00. The summed E-state index contributed by atoms with van der Waals surface area (Å²) in [5, 5.41) is 0. The molecule has 2 nitrogen and oxygen atoms in total. The zero-order chi connectivity index (χ0) is 7.40. The number of aryl methyl sites for hydroxylation is 2. The van der Waals surface area contributed by atoms with Crippen LogP contribution < -0.4 is 0 Å². The molecular weight excluding hydrogens is 131 g/mol. The lowest BCUT2D eigenvalue weighted by Crippen LogP contribution is -1.93. The molecule has 0 amide bonds. The van der Waals surface area contributed by atoms with Crippen LogP contribution in [-0.4, -0.2) is 16.6 Å². The number of halogens is 1. The number of hydrogen-bond donors (Lipinski definition) is 0. The Morgan fingerprint density at radius 2 is 2.20 bits per heavy atom. The van der Waals surface area contributed by atoms with Crippen LogP contribution >= 0.6 is 0 Å². The first-order valence-electron chi connectivity index (χ1n) is 3.16. The Kier molecular flexibility index (Phi) is 2.31. The predicted molar refractivity (Wildman–Crippen MR) is 36.4 cm³/mol. The van der Waals surface area contributed by atoms with Gasteiger partial charge in [0.2, 0.25) is 0 Å². The molecule has 0 saturated heterocycles. The highest BCUT2D eigenvalue weighted by Crippen LogP contribution is 1.94. The van der Waals surface area contributed by atoms with E-state index >= 15 is 0 Å². The lowest BCUT2D eigenvalue weighted by atomic mass is 10.3. The fourth-order valence-electron chi connectivity index (χ4n) is 0.645. The average molecular weight is 140 g/mol. The van der Waals surface area contributed by atoms with Gasteiger partial charge in [-0.2, -0.15) is 0 Å². The second kappa shape index (κ2) is 3.25. The van der Waals surface area contributed by atoms with Crippen LogP contribution in [0.4, 0.5) is 4.39 Å². The maximum Gasteiger partial charge on any atom is 0.0950 e. The summed E-state index contributed by atoms with van der Waals surface area (Å²) in [6, 6.07) is 0. The predicted octanol–water partition coefficient (Wildman–Crippen LogP) is 1.30. The molecule has 0 aliphatic heterocycles. The van der Waals surface area contributed by atoms with Crippen molar-refractivity contribution in [2.75, 3.05) is 6.67 Å². The van der Waals surface area contributed by atoms with Gasteiger partial charge in [-0.15, -0.1) is 0 Å². The van der Waals surface area contributed by atoms with E-state index in [1.165, 1.54) is 0 Å². The fourth-order valence-corrected chi connectivity index (χ4v) is 0.645. The van der Waals surface area contributed by atoms with E-state index in [0.717, 1.165) is 5.69 Å². The summed E-state index contributed by atoms with van der Waals surface area (Å²) < 4.78 is 11.7. The smallest absolute Gasteiger partial charge is 0.0950 e. The summed E-state index contributed by atoms with van der Waals surface area (Å²) in [4.78, 5) is 7.93. The minimum atomic E-state index is -0.363. The van der Waals surface area contributed by atoms with E-state index in [1.54, 1.807) is 12.4 Å². The van der Waals surface area contributed by atoms with E-state index in [-0.39, 0.29) is 6.67 Å². The van der Waals surface area contributed by atoms with Crippen LogP contribution in [-0.2, 0) is 6.42 Å². The van der Waals surface area contributed by atoms with Crippen molar-refractivity contribution < 1.29 is 4.39 Å². The van der Waals surface area contributed by atoms with E-state index in [9.17, 15) is 4.39 Å². The summed E-state index contributed by atoms with van der Waals surface area (Å²) in [5.41, 5.74) is 1.58. The van der Waals surface area contributed by atoms with Crippen LogP contribution in [0.3, 0.4) is 0 Å². The van der Waals surface area contributed by atoms with Gasteiger partial charge in [-0.3, -0.25) is 14.4 Å². The second-order valence-corrected chi connectivity index (χ2v) is 2.09. The minimum Gasteiger partial charge on any atom is -0.258 e. The van der Waals surface area contributed by atoms with Gasteiger partial charge in [0.25, 0.3) is 0 Å². The third-order valence-electron chi connectivity index (χ3n) is 1.19. The van der Waals surface area contributed by atoms with Crippen molar-refractivity contribution >= 4 is 0 Å². The Balaban J connectivity index is 2.69. The lowest BCUT2D eigenvalue weighted by molar-refractivity contribution is 0.491. The molecule has 1 aromatic heterocycles. The molecule has 0 spiro atoms. The number of aromatic nitrogens is 2. The molecule has 3 heteroatoms. The van der Waals surface area contributed by atoms with Crippen molar-refractivity contribution in [1.82, 2.24) is 9.97 Å². The molecule has 0 aliphatic rings. The van der Waals surface area contributed by atoms with Gasteiger partial charge in [-0.05, 0) is 6.92 Å². The quantitative estimate of drug-likeness (QED) is 0.618. The highest BCUT2D eigenvalue weighted by Gasteiger charge is 1.92. The average Bonchev–Trinajstić information content (AvgIpc) is 1.95. The zero-order valence-corrected chi connectivity index (χ0v) is 5.84. The molecule has 0 aromatic carbocycles. The highest BCUT2D eigenvalue weighted by atomic mass is 19.1. The molecule has 0 saturated carbocycles. The summed E-state index contributed by atoms with van der Waals surface area (Å²) in [6.45, 7) is 1.49. The number of nitrogens with zero attached hydrogens (tertiary/aromatic N) is 2. The van der Waals surface area contributed by atoms with Gasteiger partial charge >= 0.3 is 0 Å². The molecule has 1 heterocycles. The molecule has 0 N–H and O–H groups in total. The molecular formula is C7H9FN2. The van der Waals surface area contributed by atoms with Gasteiger partial charge in [-0.1, -0.05) is 0 Å². The van der Waals surface area contributed by atoms with Crippen LogP contribution in [0.25, 0.3) is 0 Å². The normalized spacial score (nSPS) is 9.80. The van der Waals surface area contributed by atoms with Crippen molar-refractivity contribution in [3.05, 3.63) is 23.8 Å². The van der Waals surface area contributed by atoms with Crippen molar-refractivity contribution in [2.45, 2.75) is 13.3 Å². The molecule has 0 bridgehead atoms. The van der Waals surface area contributed by atoms with Gasteiger partial charge in [0.1, 0.15) is 0 Å². The molecule has 1 aromatic rings. The van der Waals surface area contributed by atoms with E-state index < -0.39 is 0 Å². The largest absolute Gasteiger partial charge is 0.258 e. The first kappa shape index (κ1) is 7.12. The number of rotatable bonds is 2. The Morgan fingerprint density at radius 1 is 1.40 bits per heavy atom. The standard InChI is InChI=1S/C7H9FN2/c1-6-4-10-7(2-3-8)5-9-6/h4-5H,2-3H2,1H3. The van der Waals surface area contributed by atoms with E-state index in [1.807, 2.05) is 6.92 Å². The Morgan fingerprint density at radius 3 is 2.70 bits per heavy atom. The van der Waals surface area contributed by atoms with Crippen molar-refractivity contribution in [3.63, 3.8) is 0 Å². The first-order valence-corrected chi connectivity index (χ1v) is 3.16. The molecule has 0 atom stereocenters.